The van der Waals surface area contributed by atoms with E-state index in [2.05, 4.69) is 15.2 Å². The SMILES string of the molecule is NCc1cccn2c(-c3ccncc3)nnc12. The Morgan fingerprint density at radius 3 is 2.71 bits per heavy atom. The highest BCUT2D eigenvalue weighted by atomic mass is 15.2. The number of aromatic nitrogens is 4. The predicted molar refractivity (Wildman–Crippen MR) is 64.1 cm³/mol. The maximum Gasteiger partial charge on any atom is 0.168 e. The molecule has 0 spiro atoms. The third kappa shape index (κ3) is 1.57. The summed E-state index contributed by atoms with van der Waals surface area (Å²) in [5.41, 5.74) is 8.45. The third-order valence-corrected chi connectivity index (χ3v) is 2.67. The van der Waals surface area contributed by atoms with Crippen LogP contribution in [0.15, 0.2) is 42.9 Å². The standard InChI is InChI=1S/C12H11N5/c13-8-10-2-1-7-17-11(15-16-12(10)17)9-3-5-14-6-4-9/h1-7H,8,13H2. The van der Waals surface area contributed by atoms with E-state index in [0.717, 1.165) is 22.6 Å². The second-order valence-corrected chi connectivity index (χ2v) is 3.69. The number of fused-ring (bicyclic) bond motifs is 1. The smallest absolute Gasteiger partial charge is 0.168 e. The highest BCUT2D eigenvalue weighted by Gasteiger charge is 2.09. The molecule has 0 radical (unpaired) electrons. The van der Waals surface area contributed by atoms with Gasteiger partial charge in [-0.3, -0.25) is 9.38 Å². The molecule has 0 unspecified atom stereocenters. The molecule has 0 amide bonds. The second kappa shape index (κ2) is 3.95. The number of hydrogen-bond acceptors (Lipinski definition) is 4. The number of nitrogens with two attached hydrogens (primary N) is 1. The lowest BCUT2D eigenvalue weighted by Crippen LogP contribution is -2.00. The van der Waals surface area contributed by atoms with Crippen LogP contribution in [0.25, 0.3) is 17.0 Å². The van der Waals surface area contributed by atoms with Crippen LogP contribution in [-0.2, 0) is 6.54 Å². The second-order valence-electron chi connectivity index (χ2n) is 3.69. The molecule has 0 atom stereocenters. The van der Waals surface area contributed by atoms with Gasteiger partial charge in [0, 0.05) is 36.3 Å². The summed E-state index contributed by atoms with van der Waals surface area (Å²) in [5, 5.41) is 8.38. The summed E-state index contributed by atoms with van der Waals surface area (Å²) in [5.74, 6) is 0.803. The van der Waals surface area contributed by atoms with Gasteiger partial charge in [0.1, 0.15) is 0 Å². The monoisotopic (exact) mass is 225 g/mol. The van der Waals surface area contributed by atoms with Crippen LogP contribution in [0.1, 0.15) is 5.56 Å². The zero-order valence-corrected chi connectivity index (χ0v) is 9.11. The number of nitrogens with zero attached hydrogens (tertiary/aromatic N) is 4. The Morgan fingerprint density at radius 2 is 1.94 bits per heavy atom. The average molecular weight is 225 g/mol. The number of rotatable bonds is 2. The minimum atomic E-state index is 0.457. The summed E-state index contributed by atoms with van der Waals surface area (Å²) in [7, 11) is 0. The largest absolute Gasteiger partial charge is 0.326 e. The Kier molecular flexibility index (Phi) is 2.31. The van der Waals surface area contributed by atoms with Crippen LogP contribution in [-0.4, -0.2) is 19.6 Å². The van der Waals surface area contributed by atoms with Gasteiger partial charge >= 0.3 is 0 Å². The van der Waals surface area contributed by atoms with Gasteiger partial charge in [-0.15, -0.1) is 10.2 Å². The average Bonchev–Trinajstić information content (AvgIpc) is 2.83. The zero-order chi connectivity index (χ0) is 11.7. The lowest BCUT2D eigenvalue weighted by Gasteiger charge is -2.01. The lowest BCUT2D eigenvalue weighted by atomic mass is 10.2. The predicted octanol–water partition coefficient (Wildman–Crippen LogP) is 1.25. The third-order valence-electron chi connectivity index (χ3n) is 2.67. The molecule has 0 aliphatic heterocycles. The van der Waals surface area contributed by atoms with E-state index in [0.29, 0.717) is 6.54 Å². The summed E-state index contributed by atoms with van der Waals surface area (Å²) < 4.78 is 1.94. The van der Waals surface area contributed by atoms with Crippen LogP contribution in [0, 0.1) is 0 Å². The van der Waals surface area contributed by atoms with Crippen LogP contribution in [0.2, 0.25) is 0 Å². The van der Waals surface area contributed by atoms with Crippen LogP contribution in [0.3, 0.4) is 0 Å². The minimum Gasteiger partial charge on any atom is -0.326 e. The molecule has 3 heterocycles. The first kappa shape index (κ1) is 9.92. The van der Waals surface area contributed by atoms with E-state index in [9.17, 15) is 0 Å². The van der Waals surface area contributed by atoms with E-state index < -0.39 is 0 Å². The topological polar surface area (TPSA) is 69.1 Å². The van der Waals surface area contributed by atoms with Crippen molar-refractivity contribution in [1.29, 1.82) is 0 Å². The van der Waals surface area contributed by atoms with Crippen molar-refractivity contribution >= 4 is 5.65 Å². The molecule has 3 aromatic heterocycles. The van der Waals surface area contributed by atoms with Gasteiger partial charge in [0.25, 0.3) is 0 Å². The van der Waals surface area contributed by atoms with E-state index in [1.165, 1.54) is 0 Å². The molecule has 0 aliphatic rings. The summed E-state index contributed by atoms with van der Waals surface area (Å²) in [6.45, 7) is 0.457. The van der Waals surface area contributed by atoms with Crippen molar-refractivity contribution in [3.05, 3.63) is 48.4 Å². The molecule has 5 heteroatoms. The summed E-state index contributed by atoms with van der Waals surface area (Å²) in [6.07, 6.45) is 5.41. The van der Waals surface area contributed by atoms with Gasteiger partial charge in [-0.05, 0) is 18.2 Å². The van der Waals surface area contributed by atoms with Crippen molar-refractivity contribution in [2.24, 2.45) is 5.73 Å². The lowest BCUT2D eigenvalue weighted by molar-refractivity contribution is 1.04. The molecule has 5 nitrogen and oxygen atoms in total. The molecule has 3 aromatic rings. The maximum absolute atomic E-state index is 5.67. The highest BCUT2D eigenvalue weighted by molar-refractivity contribution is 5.60. The van der Waals surface area contributed by atoms with Crippen molar-refractivity contribution in [1.82, 2.24) is 19.6 Å². The first-order valence-electron chi connectivity index (χ1n) is 5.33. The molecule has 0 aromatic carbocycles. The molecule has 0 bridgehead atoms. The van der Waals surface area contributed by atoms with E-state index >= 15 is 0 Å². The fourth-order valence-electron chi connectivity index (χ4n) is 1.83. The normalized spacial score (nSPS) is 10.9. The quantitative estimate of drug-likeness (QED) is 0.712. The molecule has 3 rings (SSSR count). The Bertz CT molecular complexity index is 644. The van der Waals surface area contributed by atoms with Gasteiger partial charge < -0.3 is 5.73 Å². The van der Waals surface area contributed by atoms with Gasteiger partial charge in [0.15, 0.2) is 11.5 Å². The van der Waals surface area contributed by atoms with Crippen molar-refractivity contribution in [2.45, 2.75) is 6.54 Å². The van der Waals surface area contributed by atoms with Gasteiger partial charge in [-0.25, -0.2) is 0 Å². The molecule has 17 heavy (non-hydrogen) atoms. The molecule has 0 fully saturated rings. The molecular formula is C12H11N5. The maximum atomic E-state index is 5.67. The van der Waals surface area contributed by atoms with Crippen molar-refractivity contribution in [3.8, 4) is 11.4 Å². The van der Waals surface area contributed by atoms with Crippen molar-refractivity contribution in [2.75, 3.05) is 0 Å². The molecular weight excluding hydrogens is 214 g/mol. The van der Waals surface area contributed by atoms with Gasteiger partial charge in [0.05, 0.1) is 0 Å². The first-order chi connectivity index (χ1) is 8.40. The number of hydrogen-bond donors (Lipinski definition) is 1. The first-order valence-corrected chi connectivity index (χ1v) is 5.33. The number of pyridine rings is 2. The van der Waals surface area contributed by atoms with E-state index in [4.69, 9.17) is 5.73 Å². The van der Waals surface area contributed by atoms with Gasteiger partial charge in [0.2, 0.25) is 0 Å². The van der Waals surface area contributed by atoms with Crippen LogP contribution >= 0.6 is 0 Å². The highest BCUT2D eigenvalue weighted by Crippen LogP contribution is 2.18. The Balaban J connectivity index is 2.26. The zero-order valence-electron chi connectivity index (χ0n) is 9.11. The van der Waals surface area contributed by atoms with Gasteiger partial charge in [-0.2, -0.15) is 0 Å². The van der Waals surface area contributed by atoms with Crippen molar-refractivity contribution < 1.29 is 0 Å². The Hall–Kier alpha value is -2.27. The minimum absolute atomic E-state index is 0.457. The molecule has 0 aliphatic carbocycles. The fraction of sp³-hybridized carbons (Fsp3) is 0.0833. The molecule has 0 saturated carbocycles. The molecule has 0 saturated heterocycles. The van der Waals surface area contributed by atoms with Crippen LogP contribution < -0.4 is 5.73 Å². The van der Waals surface area contributed by atoms with E-state index in [1.54, 1.807) is 12.4 Å². The fourth-order valence-corrected chi connectivity index (χ4v) is 1.83. The Labute approximate surface area is 97.9 Å². The van der Waals surface area contributed by atoms with E-state index in [-0.39, 0.29) is 0 Å². The van der Waals surface area contributed by atoms with Crippen LogP contribution in [0.4, 0.5) is 0 Å². The van der Waals surface area contributed by atoms with Crippen molar-refractivity contribution in [3.63, 3.8) is 0 Å². The summed E-state index contributed by atoms with van der Waals surface area (Å²) >= 11 is 0. The molecule has 84 valence electrons. The van der Waals surface area contributed by atoms with Crippen LogP contribution in [0.5, 0.6) is 0 Å². The van der Waals surface area contributed by atoms with E-state index in [1.807, 2.05) is 34.9 Å². The summed E-state index contributed by atoms with van der Waals surface area (Å²) in [6, 6.07) is 7.72. The summed E-state index contributed by atoms with van der Waals surface area (Å²) in [4.78, 5) is 3.99. The molecule has 2 N–H and O–H groups in total. The Morgan fingerprint density at radius 1 is 1.12 bits per heavy atom. The van der Waals surface area contributed by atoms with Gasteiger partial charge in [-0.1, -0.05) is 6.07 Å².